The minimum Gasteiger partial charge on any atom is -0.443 e. The molecule has 224 valence electrons. The lowest BCUT2D eigenvalue weighted by Gasteiger charge is -2.44. The first-order valence-electron chi connectivity index (χ1n) is 13.0. The van der Waals surface area contributed by atoms with Gasteiger partial charge in [-0.2, -0.15) is 0 Å². The highest BCUT2D eigenvalue weighted by atomic mass is 16.7. The molecule has 0 bridgehead atoms. The molecule has 1 heterocycles. The second-order valence-electron chi connectivity index (χ2n) is 10.4. The van der Waals surface area contributed by atoms with Gasteiger partial charge >= 0.3 is 6.09 Å². The normalized spacial score (nSPS) is 17.5. The Hall–Kier alpha value is -4.62. The van der Waals surface area contributed by atoms with Crippen molar-refractivity contribution >= 4 is 29.5 Å². The number of nitro groups is 1. The number of hydrogen-bond donors (Lipinski definition) is 2. The van der Waals surface area contributed by atoms with Crippen molar-refractivity contribution in [1.29, 1.82) is 0 Å². The van der Waals surface area contributed by atoms with E-state index in [0.29, 0.717) is 5.56 Å². The molecule has 0 aliphatic carbocycles. The Morgan fingerprint density at radius 2 is 1.57 bits per heavy atom. The number of carbonyl (C=O) groups is 4. The second-order valence-corrected chi connectivity index (χ2v) is 10.4. The quantitative estimate of drug-likeness (QED) is 0.140. The summed E-state index contributed by atoms with van der Waals surface area (Å²) in [6.45, 7) is 6.69. The molecular weight excluding hydrogens is 548 g/mol. The molecule has 1 fully saturated rings. The van der Waals surface area contributed by atoms with E-state index in [1.54, 1.807) is 39.8 Å². The number of likely N-dealkylation sites (tertiary alicyclic amines) is 1. The van der Waals surface area contributed by atoms with Crippen molar-refractivity contribution in [3.05, 3.63) is 87.5 Å². The maximum absolute atomic E-state index is 13.4. The van der Waals surface area contributed by atoms with E-state index in [-0.39, 0.29) is 16.8 Å². The van der Waals surface area contributed by atoms with E-state index < -0.39 is 58.8 Å². The van der Waals surface area contributed by atoms with Crippen molar-refractivity contribution < 1.29 is 38.3 Å². The SMILES string of the molecule is COC(C=CC1C(NC(=O)c2ccccc2C(=O)NC(C)c2ccc([N+](=O)[O-])cc2)C(=O)N1C(=O)OC(C)(C)C)OC. The number of nitrogens with zero attached hydrogens (tertiary/aromatic N) is 2. The predicted octanol–water partition coefficient (Wildman–Crippen LogP) is 3.51. The molecule has 13 heteroatoms. The Balaban J connectivity index is 1.80. The van der Waals surface area contributed by atoms with Crippen LogP contribution in [0, 0.1) is 10.1 Å². The molecule has 2 N–H and O–H groups in total. The Bertz CT molecular complexity index is 1360. The summed E-state index contributed by atoms with van der Waals surface area (Å²) in [5.41, 5.74) is -0.268. The van der Waals surface area contributed by atoms with Crippen LogP contribution in [0.1, 0.15) is 60.0 Å². The van der Waals surface area contributed by atoms with E-state index in [9.17, 15) is 29.3 Å². The third kappa shape index (κ3) is 7.56. The highest BCUT2D eigenvalue weighted by molar-refractivity contribution is 6.10. The fraction of sp³-hybridized carbons (Fsp3) is 0.379. The van der Waals surface area contributed by atoms with Crippen LogP contribution in [-0.4, -0.2) is 71.8 Å². The topological polar surface area (TPSA) is 166 Å². The van der Waals surface area contributed by atoms with Crippen molar-refractivity contribution in [2.24, 2.45) is 0 Å². The Morgan fingerprint density at radius 1 is 1.00 bits per heavy atom. The molecule has 0 spiro atoms. The summed E-state index contributed by atoms with van der Waals surface area (Å²) in [6, 6.07) is 9.21. The summed E-state index contributed by atoms with van der Waals surface area (Å²) in [5, 5.41) is 16.3. The number of rotatable bonds is 10. The van der Waals surface area contributed by atoms with Crippen LogP contribution in [0.5, 0.6) is 0 Å². The third-order valence-corrected chi connectivity index (χ3v) is 6.32. The zero-order valence-electron chi connectivity index (χ0n) is 24.2. The van der Waals surface area contributed by atoms with E-state index in [2.05, 4.69) is 10.6 Å². The molecule has 1 aliphatic rings. The summed E-state index contributed by atoms with van der Waals surface area (Å²) in [4.78, 5) is 63.6. The second kappa shape index (κ2) is 13.4. The van der Waals surface area contributed by atoms with Crippen molar-refractivity contribution in [2.75, 3.05) is 14.2 Å². The molecule has 13 nitrogen and oxygen atoms in total. The van der Waals surface area contributed by atoms with Crippen LogP contribution in [0.4, 0.5) is 10.5 Å². The van der Waals surface area contributed by atoms with Gasteiger partial charge in [0.15, 0.2) is 6.29 Å². The molecule has 3 unspecified atom stereocenters. The van der Waals surface area contributed by atoms with Gasteiger partial charge in [-0.25, -0.2) is 9.69 Å². The van der Waals surface area contributed by atoms with Crippen LogP contribution in [0.15, 0.2) is 60.7 Å². The molecule has 0 aromatic heterocycles. The van der Waals surface area contributed by atoms with Crippen LogP contribution < -0.4 is 10.6 Å². The number of carbonyl (C=O) groups excluding carboxylic acids is 4. The molecule has 1 aliphatic heterocycles. The van der Waals surface area contributed by atoms with E-state index >= 15 is 0 Å². The molecule has 3 rings (SSSR count). The van der Waals surface area contributed by atoms with Gasteiger partial charge in [0.2, 0.25) is 0 Å². The Kier molecular flexibility index (Phi) is 10.1. The fourth-order valence-corrected chi connectivity index (χ4v) is 4.18. The van der Waals surface area contributed by atoms with E-state index in [0.717, 1.165) is 4.90 Å². The van der Waals surface area contributed by atoms with Gasteiger partial charge in [0.1, 0.15) is 11.6 Å². The fourth-order valence-electron chi connectivity index (χ4n) is 4.18. The average molecular weight is 583 g/mol. The van der Waals surface area contributed by atoms with E-state index in [1.807, 2.05) is 0 Å². The van der Waals surface area contributed by atoms with Gasteiger partial charge in [-0.05, 0) is 51.5 Å². The number of β-lactam (4-membered cyclic amide) rings is 1. The number of nitrogens with one attached hydrogen (secondary N) is 2. The Morgan fingerprint density at radius 3 is 2.10 bits per heavy atom. The molecule has 2 aromatic rings. The number of methoxy groups -OCH3 is 2. The average Bonchev–Trinajstić information content (AvgIpc) is 2.94. The van der Waals surface area contributed by atoms with E-state index in [4.69, 9.17) is 14.2 Å². The minimum atomic E-state index is -1.13. The van der Waals surface area contributed by atoms with Crippen LogP contribution >= 0.6 is 0 Å². The highest BCUT2D eigenvalue weighted by Gasteiger charge is 2.52. The predicted molar refractivity (Wildman–Crippen MR) is 150 cm³/mol. The van der Waals surface area contributed by atoms with Gasteiger partial charge in [-0.3, -0.25) is 24.5 Å². The van der Waals surface area contributed by atoms with Gasteiger partial charge in [0.25, 0.3) is 23.4 Å². The lowest BCUT2D eigenvalue weighted by molar-refractivity contribution is -0.384. The van der Waals surface area contributed by atoms with Crippen LogP contribution in [-0.2, 0) is 19.0 Å². The minimum absolute atomic E-state index is 0.00352. The molecule has 2 aromatic carbocycles. The van der Waals surface area contributed by atoms with Crippen molar-refractivity contribution in [1.82, 2.24) is 15.5 Å². The zero-order chi connectivity index (χ0) is 31.2. The number of nitro benzene ring substituents is 1. The molecule has 0 saturated carbocycles. The first kappa shape index (κ1) is 31.9. The van der Waals surface area contributed by atoms with Gasteiger partial charge < -0.3 is 24.8 Å². The smallest absolute Gasteiger partial charge is 0.417 e. The Labute approximate surface area is 242 Å². The lowest BCUT2D eigenvalue weighted by atomic mass is 9.94. The van der Waals surface area contributed by atoms with Crippen LogP contribution in [0.25, 0.3) is 0 Å². The molecule has 0 radical (unpaired) electrons. The maximum atomic E-state index is 13.4. The highest BCUT2D eigenvalue weighted by Crippen LogP contribution is 2.26. The number of benzene rings is 2. The first-order valence-corrected chi connectivity index (χ1v) is 13.0. The summed E-state index contributed by atoms with van der Waals surface area (Å²) >= 11 is 0. The number of imide groups is 1. The van der Waals surface area contributed by atoms with Crippen molar-refractivity contribution in [3.63, 3.8) is 0 Å². The zero-order valence-corrected chi connectivity index (χ0v) is 24.2. The monoisotopic (exact) mass is 582 g/mol. The van der Waals surface area contributed by atoms with Crippen LogP contribution in [0.3, 0.4) is 0 Å². The van der Waals surface area contributed by atoms with Crippen molar-refractivity contribution in [3.8, 4) is 0 Å². The largest absolute Gasteiger partial charge is 0.443 e. The van der Waals surface area contributed by atoms with Crippen molar-refractivity contribution in [2.45, 2.75) is 57.7 Å². The van der Waals surface area contributed by atoms with Gasteiger partial charge in [0.05, 0.1) is 28.1 Å². The molecule has 1 saturated heterocycles. The molecule has 42 heavy (non-hydrogen) atoms. The lowest BCUT2D eigenvalue weighted by Crippen LogP contribution is -2.71. The first-order chi connectivity index (χ1) is 19.8. The molecule has 3 atom stereocenters. The maximum Gasteiger partial charge on any atom is 0.417 e. The molecular formula is C29H34N4O9. The number of hydrogen-bond acceptors (Lipinski definition) is 9. The third-order valence-electron chi connectivity index (χ3n) is 6.32. The number of non-ortho nitro benzene ring substituents is 1. The van der Waals surface area contributed by atoms with Gasteiger partial charge in [0, 0.05) is 26.4 Å². The van der Waals surface area contributed by atoms with E-state index in [1.165, 1.54) is 62.8 Å². The molecule has 4 amide bonds. The van der Waals surface area contributed by atoms with Gasteiger partial charge in [-0.15, -0.1) is 0 Å². The summed E-state index contributed by atoms with van der Waals surface area (Å²) in [5.74, 6) is -1.96. The standard InChI is InChI=1S/C29H34N4O9/c1-17(18-11-13-19(14-12-18)33(38)39)30-25(34)20-9-7-8-10-21(20)26(35)31-24-22(15-16-23(40-5)41-6)32(27(24)36)28(37)42-29(2,3)4/h7-17,22-24H,1-6H3,(H,30,34)(H,31,35). The van der Waals surface area contributed by atoms with Crippen LogP contribution in [0.2, 0.25) is 0 Å². The number of ether oxygens (including phenoxy) is 3. The summed E-state index contributed by atoms with van der Waals surface area (Å²) < 4.78 is 15.6. The number of amides is 4. The van der Waals surface area contributed by atoms with Gasteiger partial charge in [-0.1, -0.05) is 30.3 Å². The summed E-state index contributed by atoms with van der Waals surface area (Å²) in [7, 11) is 2.83. The summed E-state index contributed by atoms with van der Waals surface area (Å²) in [6.07, 6.45) is 1.35.